The zero-order valence-electron chi connectivity index (χ0n) is 24.1. The van der Waals surface area contributed by atoms with Crippen molar-refractivity contribution in [3.05, 3.63) is 71.8 Å². The maximum Gasteiger partial charge on any atom is 0.122 e. The minimum atomic E-state index is 0.111. The third-order valence-electron chi connectivity index (χ3n) is 9.74. The van der Waals surface area contributed by atoms with Crippen molar-refractivity contribution < 1.29 is 5.11 Å². The molecule has 1 aromatic carbocycles. The van der Waals surface area contributed by atoms with Crippen molar-refractivity contribution in [2.75, 3.05) is 32.8 Å². The van der Waals surface area contributed by atoms with Gasteiger partial charge in [-0.3, -0.25) is 9.80 Å². The van der Waals surface area contributed by atoms with E-state index in [0.29, 0.717) is 18.5 Å². The summed E-state index contributed by atoms with van der Waals surface area (Å²) in [5.41, 5.74) is 3.26. The van der Waals surface area contributed by atoms with Crippen molar-refractivity contribution in [2.24, 2.45) is 5.41 Å². The number of imidazole rings is 2. The maximum atomic E-state index is 9.42. The molecule has 1 aliphatic carbocycles. The van der Waals surface area contributed by atoms with Crippen LogP contribution in [0.4, 0.5) is 0 Å². The van der Waals surface area contributed by atoms with Crippen molar-refractivity contribution in [1.29, 1.82) is 0 Å². The summed E-state index contributed by atoms with van der Waals surface area (Å²) in [7, 11) is 0. The zero-order chi connectivity index (χ0) is 27.2. The number of hydrogen-bond donors (Lipinski definition) is 2. The van der Waals surface area contributed by atoms with Gasteiger partial charge in [0.1, 0.15) is 11.6 Å². The summed E-state index contributed by atoms with van der Waals surface area (Å²) in [6.45, 7) is 9.12. The lowest BCUT2D eigenvalue weighted by atomic mass is 9.77. The van der Waals surface area contributed by atoms with Crippen LogP contribution in [-0.4, -0.2) is 78.2 Å². The molecular weight excluding hydrogens is 498 g/mol. The van der Waals surface area contributed by atoms with Gasteiger partial charge in [0.2, 0.25) is 0 Å². The fourth-order valence-electron chi connectivity index (χ4n) is 7.41. The number of benzene rings is 1. The summed E-state index contributed by atoms with van der Waals surface area (Å²) >= 11 is 0. The fraction of sp³-hybridized carbons (Fsp3) is 0.625. The summed E-state index contributed by atoms with van der Waals surface area (Å²) in [4.78, 5) is 20.1. The van der Waals surface area contributed by atoms with E-state index in [-0.39, 0.29) is 6.61 Å². The van der Waals surface area contributed by atoms with E-state index in [9.17, 15) is 5.11 Å². The molecule has 3 aliphatic rings. The molecule has 1 saturated carbocycles. The average Bonchev–Trinajstić information content (AvgIpc) is 3.74. The van der Waals surface area contributed by atoms with Gasteiger partial charge in [-0.05, 0) is 68.3 Å². The summed E-state index contributed by atoms with van der Waals surface area (Å²) in [5, 5.41) is 9.42. The first-order valence-electron chi connectivity index (χ1n) is 15.5. The highest BCUT2D eigenvalue weighted by molar-refractivity contribution is 5.23. The predicted molar refractivity (Wildman–Crippen MR) is 157 cm³/mol. The van der Waals surface area contributed by atoms with Crippen LogP contribution in [0.5, 0.6) is 0 Å². The van der Waals surface area contributed by atoms with Gasteiger partial charge in [0.25, 0.3) is 0 Å². The maximum absolute atomic E-state index is 9.42. The highest BCUT2D eigenvalue weighted by Gasteiger charge is 2.41. The monoisotopic (exact) mass is 545 g/mol. The molecule has 216 valence electrons. The molecule has 0 unspecified atom stereocenters. The summed E-state index contributed by atoms with van der Waals surface area (Å²) in [6, 6.07) is 10.1. The number of piperidine rings is 1. The molecule has 8 nitrogen and oxygen atoms in total. The Bertz CT molecular complexity index is 1160. The Morgan fingerprint density at radius 2 is 1.68 bits per heavy atom. The SMILES string of the molecule is OCCn1ccnc1CN(Cc1ccc(CN2CCC3(CCN(C4CCCCC4)CC3)C2)cc1)Cc1ncc[nH]1. The van der Waals surface area contributed by atoms with Crippen LogP contribution in [0, 0.1) is 5.41 Å². The second kappa shape index (κ2) is 13.0. The number of aliphatic hydroxyl groups excluding tert-OH is 1. The van der Waals surface area contributed by atoms with E-state index in [1.807, 2.05) is 23.2 Å². The molecule has 1 spiro atoms. The number of nitrogens with zero attached hydrogens (tertiary/aromatic N) is 6. The molecular formula is C32H47N7O. The van der Waals surface area contributed by atoms with Crippen molar-refractivity contribution >= 4 is 0 Å². The summed E-state index contributed by atoms with van der Waals surface area (Å²) in [5.74, 6) is 1.91. The number of nitrogens with one attached hydrogen (secondary N) is 1. The second-order valence-corrected chi connectivity index (χ2v) is 12.5. The van der Waals surface area contributed by atoms with Crippen LogP contribution in [0.2, 0.25) is 0 Å². The lowest BCUT2D eigenvalue weighted by molar-refractivity contribution is 0.0615. The molecule has 4 heterocycles. The Balaban J connectivity index is 1.02. The number of aliphatic hydroxyl groups is 1. The molecule has 8 heteroatoms. The Labute approximate surface area is 239 Å². The largest absolute Gasteiger partial charge is 0.395 e. The third-order valence-corrected chi connectivity index (χ3v) is 9.74. The minimum absolute atomic E-state index is 0.111. The number of hydrogen-bond acceptors (Lipinski definition) is 6. The van der Waals surface area contributed by atoms with Crippen molar-refractivity contribution in [3.8, 4) is 0 Å². The van der Waals surface area contributed by atoms with Gasteiger partial charge >= 0.3 is 0 Å². The number of likely N-dealkylation sites (tertiary alicyclic amines) is 2. The van der Waals surface area contributed by atoms with Gasteiger partial charge < -0.3 is 19.6 Å². The van der Waals surface area contributed by atoms with E-state index in [1.54, 1.807) is 6.20 Å². The van der Waals surface area contributed by atoms with Gasteiger partial charge in [0.05, 0.1) is 19.7 Å². The van der Waals surface area contributed by atoms with Crippen LogP contribution < -0.4 is 0 Å². The molecule has 40 heavy (non-hydrogen) atoms. The molecule has 2 saturated heterocycles. The Hall–Kier alpha value is -2.52. The van der Waals surface area contributed by atoms with E-state index >= 15 is 0 Å². The van der Waals surface area contributed by atoms with E-state index in [2.05, 4.69) is 53.9 Å². The molecule has 0 atom stereocenters. The first-order chi connectivity index (χ1) is 19.7. The Kier molecular flexibility index (Phi) is 8.97. The van der Waals surface area contributed by atoms with Crippen LogP contribution in [0.1, 0.15) is 74.1 Å². The molecule has 3 fully saturated rings. The van der Waals surface area contributed by atoms with Crippen molar-refractivity contribution in [2.45, 2.75) is 90.1 Å². The molecule has 0 bridgehead atoms. The van der Waals surface area contributed by atoms with Crippen LogP contribution in [0.25, 0.3) is 0 Å². The smallest absolute Gasteiger partial charge is 0.122 e. The zero-order valence-corrected chi connectivity index (χ0v) is 24.1. The van der Waals surface area contributed by atoms with Crippen molar-refractivity contribution in [1.82, 2.24) is 34.2 Å². The fourth-order valence-corrected chi connectivity index (χ4v) is 7.41. The minimum Gasteiger partial charge on any atom is -0.395 e. The molecule has 2 N–H and O–H groups in total. The van der Waals surface area contributed by atoms with Gasteiger partial charge in [-0.15, -0.1) is 0 Å². The lowest BCUT2D eigenvalue weighted by Crippen LogP contribution is -2.46. The molecule has 0 radical (unpaired) electrons. The van der Waals surface area contributed by atoms with Crippen LogP contribution in [0.15, 0.2) is 49.1 Å². The molecule has 2 aliphatic heterocycles. The molecule has 3 aromatic rings. The standard InChI is InChI=1S/C32H47N7O/c40-21-20-39-19-15-35-31(39)25-37(24-30-33-13-14-34-30)23-28-8-6-27(7-9-28)22-36-16-10-32(26-36)11-17-38(18-12-32)29-4-2-1-3-5-29/h6-9,13-15,19,29,40H,1-5,10-12,16-18,20-26H2,(H,33,34). The second-order valence-electron chi connectivity index (χ2n) is 12.5. The van der Waals surface area contributed by atoms with E-state index in [0.717, 1.165) is 37.3 Å². The Morgan fingerprint density at radius 3 is 2.42 bits per heavy atom. The van der Waals surface area contributed by atoms with Crippen LogP contribution in [-0.2, 0) is 32.7 Å². The Morgan fingerprint density at radius 1 is 0.900 bits per heavy atom. The average molecular weight is 546 g/mol. The topological polar surface area (TPSA) is 76.5 Å². The highest BCUT2D eigenvalue weighted by Crippen LogP contribution is 2.42. The summed E-state index contributed by atoms with van der Waals surface area (Å²) < 4.78 is 2.03. The van der Waals surface area contributed by atoms with E-state index in [4.69, 9.17) is 0 Å². The number of aromatic nitrogens is 4. The molecule has 2 aromatic heterocycles. The van der Waals surface area contributed by atoms with Gasteiger partial charge in [-0.1, -0.05) is 43.5 Å². The van der Waals surface area contributed by atoms with Gasteiger partial charge in [0.15, 0.2) is 0 Å². The van der Waals surface area contributed by atoms with Gasteiger partial charge in [0, 0.05) is 57.0 Å². The normalized spacial score (nSPS) is 20.6. The first-order valence-corrected chi connectivity index (χ1v) is 15.5. The predicted octanol–water partition coefficient (Wildman–Crippen LogP) is 4.42. The first kappa shape index (κ1) is 27.6. The number of aromatic amines is 1. The number of rotatable bonds is 11. The van der Waals surface area contributed by atoms with Crippen molar-refractivity contribution in [3.63, 3.8) is 0 Å². The number of H-pyrrole nitrogens is 1. The lowest BCUT2D eigenvalue weighted by Gasteiger charge is -2.43. The van der Waals surface area contributed by atoms with Crippen LogP contribution in [0.3, 0.4) is 0 Å². The van der Waals surface area contributed by atoms with E-state index < -0.39 is 0 Å². The van der Waals surface area contributed by atoms with E-state index in [1.165, 1.54) is 88.7 Å². The third kappa shape index (κ3) is 6.85. The van der Waals surface area contributed by atoms with Gasteiger partial charge in [-0.25, -0.2) is 9.97 Å². The quantitative estimate of drug-likeness (QED) is 0.372. The summed E-state index contributed by atoms with van der Waals surface area (Å²) in [6.07, 6.45) is 18.8. The molecule has 0 amide bonds. The van der Waals surface area contributed by atoms with Crippen LogP contribution >= 0.6 is 0 Å². The highest BCUT2D eigenvalue weighted by atomic mass is 16.3. The molecule has 6 rings (SSSR count). The van der Waals surface area contributed by atoms with Gasteiger partial charge in [-0.2, -0.15) is 0 Å².